The second-order valence-corrected chi connectivity index (χ2v) is 8.74. The zero-order chi connectivity index (χ0) is 25.0. The number of carbonyl (C=O) groups excluding carboxylic acids is 1. The molecule has 0 saturated heterocycles. The van der Waals surface area contributed by atoms with Gasteiger partial charge in [-0.1, -0.05) is 49.7 Å². The quantitative estimate of drug-likeness (QED) is 0.339. The second-order valence-electron chi connectivity index (χ2n) is 8.74. The molecule has 0 radical (unpaired) electrons. The van der Waals surface area contributed by atoms with Crippen molar-refractivity contribution < 1.29 is 23.8 Å². The number of carboxylic acids is 1. The van der Waals surface area contributed by atoms with E-state index in [4.69, 9.17) is 20.6 Å². The van der Waals surface area contributed by atoms with Gasteiger partial charge in [0, 0.05) is 17.8 Å². The molecule has 2 aromatic carbocycles. The summed E-state index contributed by atoms with van der Waals surface area (Å²) < 4.78 is 19.6. The molecule has 1 heterocycles. The van der Waals surface area contributed by atoms with Gasteiger partial charge in [0.25, 0.3) is 0 Å². The Labute approximate surface area is 222 Å². The Hall–Kier alpha value is -3.00. The lowest BCUT2D eigenvalue weighted by molar-refractivity contribution is 0.0470. The van der Waals surface area contributed by atoms with E-state index >= 15 is 0 Å². The maximum Gasteiger partial charge on any atom is 0.340 e. The van der Waals surface area contributed by atoms with Gasteiger partial charge in [0.15, 0.2) is 0 Å². The first kappa shape index (κ1) is 31.0. The molecule has 0 fully saturated rings. The van der Waals surface area contributed by atoms with Gasteiger partial charge in [-0.05, 0) is 55.0 Å². The second kappa shape index (κ2) is 13.3. The molecular weight excluding hydrogens is 506 g/mol. The SMILES string of the molecule is Cc1ccc(-c2c(CN)c(CC(C)C)nc(C)c2C(=O)OCc2ccc(C(=O)O)c(F)c2)cc1.Cl.Cl. The summed E-state index contributed by atoms with van der Waals surface area (Å²) in [5.74, 6) is -2.50. The van der Waals surface area contributed by atoms with Crippen LogP contribution in [0.4, 0.5) is 4.39 Å². The Morgan fingerprint density at radius 3 is 2.25 bits per heavy atom. The molecule has 0 aliphatic rings. The molecule has 1 aromatic heterocycles. The number of esters is 1. The average molecular weight is 537 g/mol. The van der Waals surface area contributed by atoms with E-state index in [1.165, 1.54) is 6.07 Å². The molecular formula is C27H31Cl2FN2O4. The van der Waals surface area contributed by atoms with Gasteiger partial charge in [-0.3, -0.25) is 4.98 Å². The fourth-order valence-corrected chi connectivity index (χ4v) is 3.91. The van der Waals surface area contributed by atoms with Gasteiger partial charge in [0.1, 0.15) is 12.4 Å². The van der Waals surface area contributed by atoms with Gasteiger partial charge < -0.3 is 15.6 Å². The van der Waals surface area contributed by atoms with E-state index in [0.29, 0.717) is 28.3 Å². The number of carbonyl (C=O) groups is 2. The highest BCUT2D eigenvalue weighted by molar-refractivity contribution is 5.99. The minimum Gasteiger partial charge on any atom is -0.478 e. The van der Waals surface area contributed by atoms with Crippen molar-refractivity contribution in [1.82, 2.24) is 4.98 Å². The molecule has 0 amide bonds. The topological polar surface area (TPSA) is 103 Å². The predicted octanol–water partition coefficient (Wildman–Crippen LogP) is 6.06. The number of aryl methyl sites for hydroxylation is 2. The number of carboxylic acid groups (broad SMARTS) is 1. The normalized spacial score (nSPS) is 10.4. The summed E-state index contributed by atoms with van der Waals surface area (Å²) >= 11 is 0. The van der Waals surface area contributed by atoms with Crippen LogP contribution in [0.1, 0.15) is 62.6 Å². The average Bonchev–Trinajstić information content (AvgIpc) is 2.77. The Kier molecular flexibility index (Phi) is 11.5. The number of aromatic nitrogens is 1. The molecule has 194 valence electrons. The number of rotatable bonds is 8. The van der Waals surface area contributed by atoms with Gasteiger partial charge in [-0.15, -0.1) is 24.8 Å². The van der Waals surface area contributed by atoms with Gasteiger partial charge in [0.2, 0.25) is 0 Å². The van der Waals surface area contributed by atoms with E-state index in [1.807, 2.05) is 31.2 Å². The first-order valence-electron chi connectivity index (χ1n) is 11.1. The molecule has 0 unspecified atom stereocenters. The van der Waals surface area contributed by atoms with Crippen LogP contribution in [0.3, 0.4) is 0 Å². The molecule has 6 nitrogen and oxygen atoms in total. The molecule has 3 aromatic rings. The monoisotopic (exact) mass is 536 g/mol. The molecule has 3 N–H and O–H groups in total. The fraction of sp³-hybridized carbons (Fsp3) is 0.296. The minimum absolute atomic E-state index is 0. The van der Waals surface area contributed by atoms with Crippen LogP contribution in [0.25, 0.3) is 11.1 Å². The van der Waals surface area contributed by atoms with Crippen LogP contribution in [0.15, 0.2) is 42.5 Å². The lowest BCUT2D eigenvalue weighted by Crippen LogP contribution is -2.17. The molecule has 0 bridgehead atoms. The predicted molar refractivity (Wildman–Crippen MR) is 143 cm³/mol. The summed E-state index contributed by atoms with van der Waals surface area (Å²) in [6, 6.07) is 11.4. The smallest absolute Gasteiger partial charge is 0.340 e. The Morgan fingerprint density at radius 1 is 1.08 bits per heavy atom. The van der Waals surface area contributed by atoms with E-state index in [9.17, 15) is 14.0 Å². The highest BCUT2D eigenvalue weighted by atomic mass is 35.5. The summed E-state index contributed by atoms with van der Waals surface area (Å²) in [6.07, 6.45) is 0.719. The summed E-state index contributed by atoms with van der Waals surface area (Å²) in [6.45, 7) is 7.94. The molecule has 9 heteroatoms. The first-order chi connectivity index (χ1) is 16.1. The van der Waals surface area contributed by atoms with Crippen LogP contribution in [-0.2, 0) is 24.3 Å². The summed E-state index contributed by atoms with van der Waals surface area (Å²) in [7, 11) is 0. The van der Waals surface area contributed by atoms with Crippen LogP contribution in [0, 0.1) is 25.6 Å². The third-order valence-corrected chi connectivity index (χ3v) is 5.55. The van der Waals surface area contributed by atoms with Crippen LogP contribution in [0.2, 0.25) is 0 Å². The number of pyridine rings is 1. The molecule has 3 rings (SSSR count). The minimum atomic E-state index is -1.36. The van der Waals surface area contributed by atoms with Crippen molar-refractivity contribution in [1.29, 1.82) is 0 Å². The van der Waals surface area contributed by atoms with Gasteiger partial charge in [0.05, 0.1) is 16.8 Å². The van der Waals surface area contributed by atoms with Crippen molar-refractivity contribution >= 4 is 36.8 Å². The van der Waals surface area contributed by atoms with Crippen molar-refractivity contribution in [3.8, 4) is 11.1 Å². The van der Waals surface area contributed by atoms with Crippen molar-refractivity contribution in [2.45, 2.75) is 47.3 Å². The van der Waals surface area contributed by atoms with E-state index < -0.39 is 23.3 Å². The molecule has 0 atom stereocenters. The van der Waals surface area contributed by atoms with E-state index in [1.54, 1.807) is 6.92 Å². The molecule has 36 heavy (non-hydrogen) atoms. The lowest BCUT2D eigenvalue weighted by Gasteiger charge is -2.20. The summed E-state index contributed by atoms with van der Waals surface area (Å²) in [5.41, 5.74) is 11.2. The third-order valence-electron chi connectivity index (χ3n) is 5.55. The highest BCUT2D eigenvalue weighted by Gasteiger charge is 2.25. The Morgan fingerprint density at radius 2 is 1.72 bits per heavy atom. The number of halogens is 3. The van der Waals surface area contributed by atoms with Crippen LogP contribution < -0.4 is 5.73 Å². The summed E-state index contributed by atoms with van der Waals surface area (Å²) in [5, 5.41) is 8.99. The van der Waals surface area contributed by atoms with Gasteiger partial charge >= 0.3 is 11.9 Å². The lowest BCUT2D eigenvalue weighted by atomic mass is 9.90. The maximum atomic E-state index is 14.0. The zero-order valence-corrected chi connectivity index (χ0v) is 22.3. The largest absolute Gasteiger partial charge is 0.478 e. The van der Waals surface area contributed by atoms with E-state index in [-0.39, 0.29) is 38.0 Å². The number of nitrogens with two attached hydrogens (primary N) is 1. The van der Waals surface area contributed by atoms with Gasteiger partial charge in [-0.25, -0.2) is 14.0 Å². The summed E-state index contributed by atoms with van der Waals surface area (Å²) in [4.78, 5) is 29.0. The van der Waals surface area contributed by atoms with E-state index in [2.05, 4.69) is 13.8 Å². The molecule has 0 aliphatic carbocycles. The fourth-order valence-electron chi connectivity index (χ4n) is 3.91. The van der Waals surface area contributed by atoms with Crippen molar-refractivity contribution in [3.05, 3.63) is 87.5 Å². The van der Waals surface area contributed by atoms with Crippen LogP contribution in [-0.4, -0.2) is 22.0 Å². The van der Waals surface area contributed by atoms with Crippen LogP contribution in [0.5, 0.6) is 0 Å². The Balaban J connectivity index is 0.00000324. The number of hydrogen-bond acceptors (Lipinski definition) is 5. The van der Waals surface area contributed by atoms with Crippen LogP contribution >= 0.6 is 24.8 Å². The Bertz CT molecular complexity index is 1230. The number of benzene rings is 2. The molecule has 0 spiro atoms. The van der Waals surface area contributed by atoms with Crippen molar-refractivity contribution in [2.75, 3.05) is 0 Å². The molecule has 0 saturated carbocycles. The van der Waals surface area contributed by atoms with E-state index in [0.717, 1.165) is 40.9 Å². The maximum absolute atomic E-state index is 14.0. The zero-order valence-electron chi connectivity index (χ0n) is 20.6. The third kappa shape index (κ3) is 7.03. The van der Waals surface area contributed by atoms with Crippen molar-refractivity contribution in [2.24, 2.45) is 11.7 Å². The van der Waals surface area contributed by atoms with Gasteiger partial charge in [-0.2, -0.15) is 0 Å². The highest BCUT2D eigenvalue weighted by Crippen LogP contribution is 2.33. The number of hydrogen-bond donors (Lipinski definition) is 2. The standard InChI is InChI=1S/C27H29FN2O4.2ClH/c1-15(2)11-23-21(13-29)25(19-8-5-16(3)6-9-19)24(17(4)30-23)27(33)34-14-18-7-10-20(26(31)32)22(28)12-18;;/h5-10,12,15H,11,13-14,29H2,1-4H3,(H,31,32);2*1H. The number of aromatic carboxylic acids is 1. The van der Waals surface area contributed by atoms with Crippen molar-refractivity contribution in [3.63, 3.8) is 0 Å². The first-order valence-corrected chi connectivity index (χ1v) is 11.1. The number of nitrogens with zero attached hydrogens (tertiary/aromatic N) is 1. The molecule has 0 aliphatic heterocycles. The number of ether oxygens (including phenoxy) is 1.